The van der Waals surface area contributed by atoms with Crippen LogP contribution in [0.15, 0.2) is 84.9 Å². The van der Waals surface area contributed by atoms with E-state index in [1.54, 1.807) is 13.8 Å². The molecule has 0 unspecified atom stereocenters. The lowest BCUT2D eigenvalue weighted by molar-refractivity contribution is -0.384. The number of hydrogen-bond acceptors (Lipinski definition) is 5. The van der Waals surface area contributed by atoms with Crippen molar-refractivity contribution in [1.82, 2.24) is 0 Å². The van der Waals surface area contributed by atoms with Gasteiger partial charge in [-0.1, -0.05) is 60.7 Å². The zero-order valence-electron chi connectivity index (χ0n) is 19.7. The zero-order valence-corrected chi connectivity index (χ0v) is 19.7. The largest absolute Gasteiger partial charge is 0.298 e. The Kier molecular flexibility index (Phi) is 4.48. The van der Waals surface area contributed by atoms with E-state index in [9.17, 15) is 24.5 Å². The van der Waals surface area contributed by atoms with Crippen molar-refractivity contribution >= 4 is 40.1 Å². The summed E-state index contributed by atoms with van der Waals surface area (Å²) in [5, 5.41) is 11.1. The Morgan fingerprint density at radius 2 is 1.11 bits per heavy atom. The number of anilines is 1. The molecule has 0 radical (unpaired) electrons. The van der Waals surface area contributed by atoms with E-state index in [1.807, 2.05) is 60.7 Å². The minimum absolute atomic E-state index is 0.118. The van der Waals surface area contributed by atoms with Crippen molar-refractivity contribution in [3.8, 4) is 0 Å². The van der Waals surface area contributed by atoms with Crippen LogP contribution in [0.3, 0.4) is 0 Å². The van der Waals surface area contributed by atoms with E-state index in [0.717, 1.165) is 27.2 Å². The molecule has 178 valence electrons. The summed E-state index contributed by atoms with van der Waals surface area (Å²) in [6.07, 6.45) is 0. The van der Waals surface area contributed by atoms with Crippen LogP contribution >= 0.6 is 0 Å². The summed E-state index contributed by atoms with van der Waals surface area (Å²) in [6.45, 7) is 3.59. The maximum Gasteiger partial charge on any atom is 0.269 e. The monoisotopic (exact) mass is 478 g/mol. The van der Waals surface area contributed by atoms with E-state index in [4.69, 9.17) is 0 Å². The van der Waals surface area contributed by atoms with Crippen molar-refractivity contribution in [2.24, 2.45) is 22.7 Å². The van der Waals surface area contributed by atoms with Crippen molar-refractivity contribution in [3.63, 3.8) is 0 Å². The van der Waals surface area contributed by atoms with Crippen LogP contribution in [0.1, 0.15) is 25.0 Å². The average molecular weight is 479 g/mol. The number of nitro groups is 1. The molecule has 1 saturated carbocycles. The smallest absolute Gasteiger partial charge is 0.269 e. The fourth-order valence-corrected chi connectivity index (χ4v) is 6.79. The Hall–Kier alpha value is -4.39. The summed E-state index contributed by atoms with van der Waals surface area (Å²) in [7, 11) is 0. The molecule has 7 nitrogen and oxygen atoms in total. The molecule has 4 atom stereocenters. The standard InChI is InChI=1S/C29H22N2O5/c1-28-21(17-9-5-3-6-10-17)22(18-11-7-4-8-12-18)29(2,27(28)34)24-23(28)25(32)30(26(24)33)19-13-15-20(16-14-19)31(35)36/h3-16,23-24H,1-2H3/t23-,24-,28-,29+/m0/s1. The molecule has 1 aliphatic heterocycles. The summed E-state index contributed by atoms with van der Waals surface area (Å²) in [5.41, 5.74) is 1.01. The molecule has 2 aliphatic carbocycles. The van der Waals surface area contributed by atoms with Crippen LogP contribution in [0.25, 0.3) is 11.1 Å². The van der Waals surface area contributed by atoms with E-state index < -0.39 is 39.4 Å². The molecule has 36 heavy (non-hydrogen) atoms. The van der Waals surface area contributed by atoms with Crippen LogP contribution < -0.4 is 4.90 Å². The van der Waals surface area contributed by atoms with Gasteiger partial charge in [0.15, 0.2) is 5.78 Å². The van der Waals surface area contributed by atoms with Gasteiger partial charge in [0.1, 0.15) is 0 Å². The SMILES string of the molecule is C[C@]12C(=O)[C@](C)(C(c3ccccc3)=C1c1ccccc1)[C@@H]1C(=O)N(c3ccc([N+](=O)[O-])cc3)C(=O)[C@H]12. The number of amides is 2. The first-order chi connectivity index (χ1) is 17.2. The molecule has 1 saturated heterocycles. The van der Waals surface area contributed by atoms with Gasteiger partial charge in [0.2, 0.25) is 11.8 Å². The fourth-order valence-electron chi connectivity index (χ4n) is 6.79. The molecule has 6 rings (SSSR count). The number of carbonyl (C=O) groups is 3. The highest BCUT2D eigenvalue weighted by molar-refractivity contribution is 6.34. The fraction of sp³-hybridized carbons (Fsp3) is 0.207. The van der Waals surface area contributed by atoms with Gasteiger partial charge in [-0.25, -0.2) is 4.90 Å². The number of imide groups is 1. The third-order valence-electron chi connectivity index (χ3n) is 8.23. The summed E-state index contributed by atoms with van der Waals surface area (Å²) in [5.74, 6) is -2.73. The molecule has 2 bridgehead atoms. The number of Topliss-reactive ketones (excluding diaryl/α,β-unsaturated/α-hetero) is 1. The third kappa shape index (κ3) is 2.54. The second-order valence-corrected chi connectivity index (χ2v) is 9.96. The maximum atomic E-state index is 14.2. The lowest BCUT2D eigenvalue weighted by atomic mass is 9.63. The van der Waals surface area contributed by atoms with E-state index in [-0.39, 0.29) is 17.2 Å². The molecule has 2 amide bonds. The minimum atomic E-state index is -1.20. The highest BCUT2D eigenvalue weighted by Crippen LogP contribution is 2.73. The first kappa shape index (κ1) is 22.1. The molecule has 0 aromatic heterocycles. The molecule has 0 N–H and O–H groups in total. The first-order valence-electron chi connectivity index (χ1n) is 11.8. The summed E-state index contributed by atoms with van der Waals surface area (Å²) < 4.78 is 0. The van der Waals surface area contributed by atoms with Crippen molar-refractivity contribution in [2.75, 3.05) is 4.90 Å². The number of nitrogens with zero attached hydrogens (tertiary/aromatic N) is 2. The van der Waals surface area contributed by atoms with Crippen molar-refractivity contribution in [3.05, 3.63) is 106 Å². The van der Waals surface area contributed by atoms with Gasteiger partial charge < -0.3 is 0 Å². The van der Waals surface area contributed by atoms with Gasteiger partial charge in [-0.2, -0.15) is 0 Å². The molecule has 3 aliphatic rings. The van der Waals surface area contributed by atoms with Gasteiger partial charge in [-0.05, 0) is 48.3 Å². The predicted molar refractivity (Wildman–Crippen MR) is 133 cm³/mol. The highest BCUT2D eigenvalue weighted by atomic mass is 16.6. The number of fused-ring (bicyclic) bond motifs is 5. The van der Waals surface area contributed by atoms with E-state index in [1.165, 1.54) is 24.3 Å². The maximum absolute atomic E-state index is 14.2. The second kappa shape index (κ2) is 7.31. The molecular formula is C29H22N2O5. The highest BCUT2D eigenvalue weighted by Gasteiger charge is 2.78. The molecule has 0 spiro atoms. The third-order valence-corrected chi connectivity index (χ3v) is 8.23. The van der Waals surface area contributed by atoms with Crippen molar-refractivity contribution in [1.29, 1.82) is 0 Å². The van der Waals surface area contributed by atoms with Gasteiger partial charge in [0.05, 0.1) is 33.3 Å². The summed E-state index contributed by atoms with van der Waals surface area (Å²) >= 11 is 0. The zero-order chi connectivity index (χ0) is 25.4. The number of nitro benzene ring substituents is 1. The molecule has 3 aromatic rings. The number of allylic oxidation sites excluding steroid dienone is 2. The predicted octanol–water partition coefficient (Wildman–Crippen LogP) is 4.92. The Bertz CT molecular complexity index is 1410. The topological polar surface area (TPSA) is 97.6 Å². The van der Waals surface area contributed by atoms with Gasteiger partial charge in [0, 0.05) is 12.1 Å². The van der Waals surface area contributed by atoms with Crippen LogP contribution in [0.4, 0.5) is 11.4 Å². The van der Waals surface area contributed by atoms with E-state index in [0.29, 0.717) is 0 Å². The normalized spacial score (nSPS) is 28.7. The van der Waals surface area contributed by atoms with Crippen LogP contribution in [0.5, 0.6) is 0 Å². The van der Waals surface area contributed by atoms with Crippen LogP contribution in [-0.2, 0) is 14.4 Å². The second-order valence-electron chi connectivity index (χ2n) is 9.96. The number of non-ortho nitro benzene ring substituents is 1. The Labute approximate surface area is 207 Å². The summed E-state index contributed by atoms with van der Waals surface area (Å²) in [4.78, 5) is 53.7. The van der Waals surface area contributed by atoms with Gasteiger partial charge in [-0.15, -0.1) is 0 Å². The molecule has 3 aromatic carbocycles. The van der Waals surface area contributed by atoms with E-state index >= 15 is 0 Å². The molecule has 7 heteroatoms. The first-order valence-corrected chi connectivity index (χ1v) is 11.8. The number of ketones is 1. The summed E-state index contributed by atoms with van der Waals surface area (Å²) in [6, 6.07) is 24.5. The molecule has 1 heterocycles. The molecule has 2 fully saturated rings. The van der Waals surface area contributed by atoms with Crippen molar-refractivity contribution < 1.29 is 19.3 Å². The number of carbonyl (C=O) groups excluding carboxylic acids is 3. The van der Waals surface area contributed by atoms with Crippen molar-refractivity contribution in [2.45, 2.75) is 13.8 Å². The Balaban J connectivity index is 1.57. The van der Waals surface area contributed by atoms with E-state index in [2.05, 4.69) is 0 Å². The quantitative estimate of drug-likeness (QED) is 0.301. The van der Waals surface area contributed by atoms with Crippen LogP contribution in [0, 0.1) is 32.8 Å². The lowest BCUT2D eigenvalue weighted by Crippen LogP contribution is -2.40. The van der Waals surface area contributed by atoms with Gasteiger partial charge in [0.25, 0.3) is 5.69 Å². The molecular weight excluding hydrogens is 456 g/mol. The minimum Gasteiger partial charge on any atom is -0.298 e. The average Bonchev–Trinajstić information content (AvgIpc) is 3.34. The van der Waals surface area contributed by atoms with Crippen LogP contribution in [-0.4, -0.2) is 22.5 Å². The lowest BCUT2D eigenvalue weighted by Gasteiger charge is -2.35. The van der Waals surface area contributed by atoms with Gasteiger partial charge >= 0.3 is 0 Å². The number of hydrogen-bond donors (Lipinski definition) is 0. The Morgan fingerprint density at radius 1 is 0.694 bits per heavy atom. The van der Waals surface area contributed by atoms with Crippen LogP contribution in [0.2, 0.25) is 0 Å². The van der Waals surface area contributed by atoms with Gasteiger partial charge in [-0.3, -0.25) is 24.5 Å². The number of rotatable bonds is 4. The Morgan fingerprint density at radius 3 is 1.50 bits per heavy atom. The number of benzene rings is 3.